The zero-order valence-electron chi connectivity index (χ0n) is 7.90. The molecule has 1 aromatic rings. The Kier molecular flexibility index (Phi) is 2.79. The summed E-state index contributed by atoms with van der Waals surface area (Å²) in [5.41, 5.74) is 0.701. The Morgan fingerprint density at radius 2 is 2.14 bits per heavy atom. The lowest BCUT2D eigenvalue weighted by Crippen LogP contribution is -2.39. The fourth-order valence-electron chi connectivity index (χ4n) is 1.34. The van der Waals surface area contributed by atoms with Gasteiger partial charge in [0.1, 0.15) is 0 Å². The summed E-state index contributed by atoms with van der Waals surface area (Å²) in [6.07, 6.45) is 1.28. The Balaban J connectivity index is 1.83. The standard InChI is InChI=1S/C11H13NO2/c13-11(9-4-2-1-3-5-9)12-8-10-6-7-14-10/h1-5,10H,6-8H2,(H,12,13). The number of ether oxygens (including phenoxy) is 1. The Morgan fingerprint density at radius 3 is 2.71 bits per heavy atom. The van der Waals surface area contributed by atoms with Crippen LogP contribution in [-0.4, -0.2) is 25.2 Å². The highest BCUT2D eigenvalue weighted by molar-refractivity contribution is 5.94. The van der Waals surface area contributed by atoms with E-state index >= 15 is 0 Å². The van der Waals surface area contributed by atoms with E-state index in [9.17, 15) is 4.79 Å². The van der Waals surface area contributed by atoms with Crippen LogP contribution in [0.25, 0.3) is 0 Å². The van der Waals surface area contributed by atoms with Gasteiger partial charge in [0.2, 0.25) is 0 Å². The molecule has 0 spiro atoms. The van der Waals surface area contributed by atoms with Crippen LogP contribution in [0.1, 0.15) is 16.8 Å². The molecule has 1 aliphatic rings. The number of rotatable bonds is 3. The smallest absolute Gasteiger partial charge is 0.251 e. The molecule has 0 aliphatic carbocycles. The molecule has 1 fully saturated rings. The highest BCUT2D eigenvalue weighted by atomic mass is 16.5. The number of amides is 1. The summed E-state index contributed by atoms with van der Waals surface area (Å²) in [5, 5.41) is 2.84. The minimum atomic E-state index is -0.0268. The lowest BCUT2D eigenvalue weighted by Gasteiger charge is -2.26. The molecule has 0 bridgehead atoms. The Bertz CT molecular complexity index is 306. The van der Waals surface area contributed by atoms with Crippen molar-refractivity contribution < 1.29 is 9.53 Å². The first kappa shape index (κ1) is 9.21. The highest BCUT2D eigenvalue weighted by Crippen LogP contribution is 2.09. The zero-order chi connectivity index (χ0) is 9.80. The number of carbonyl (C=O) groups is 1. The van der Waals surface area contributed by atoms with Crippen LogP contribution in [0.5, 0.6) is 0 Å². The Morgan fingerprint density at radius 1 is 1.43 bits per heavy atom. The average molecular weight is 191 g/mol. The first-order valence-corrected chi connectivity index (χ1v) is 4.81. The minimum Gasteiger partial charge on any atom is -0.376 e. The second-order valence-electron chi connectivity index (χ2n) is 3.36. The van der Waals surface area contributed by atoms with Gasteiger partial charge in [-0.05, 0) is 18.6 Å². The molecular formula is C11H13NO2. The molecule has 0 aromatic heterocycles. The molecule has 3 nitrogen and oxygen atoms in total. The third-order valence-corrected chi connectivity index (χ3v) is 2.32. The molecule has 1 heterocycles. The molecule has 0 saturated carbocycles. The average Bonchev–Trinajstić information content (AvgIpc) is 2.16. The molecule has 1 atom stereocenters. The van der Waals surface area contributed by atoms with E-state index in [1.165, 1.54) is 0 Å². The number of carbonyl (C=O) groups excluding carboxylic acids is 1. The van der Waals surface area contributed by atoms with Crippen molar-refractivity contribution >= 4 is 5.91 Å². The topological polar surface area (TPSA) is 38.3 Å². The maximum absolute atomic E-state index is 11.5. The summed E-state index contributed by atoms with van der Waals surface area (Å²) in [7, 11) is 0. The summed E-state index contributed by atoms with van der Waals surface area (Å²) >= 11 is 0. The maximum atomic E-state index is 11.5. The van der Waals surface area contributed by atoms with Crippen LogP contribution in [0.4, 0.5) is 0 Å². The molecule has 2 rings (SSSR count). The van der Waals surface area contributed by atoms with Gasteiger partial charge in [-0.1, -0.05) is 18.2 Å². The van der Waals surface area contributed by atoms with E-state index < -0.39 is 0 Å². The lowest BCUT2D eigenvalue weighted by atomic mass is 10.1. The molecule has 1 N–H and O–H groups in total. The van der Waals surface area contributed by atoms with Crippen molar-refractivity contribution in [2.24, 2.45) is 0 Å². The van der Waals surface area contributed by atoms with Gasteiger partial charge in [0, 0.05) is 18.7 Å². The zero-order valence-corrected chi connectivity index (χ0v) is 7.90. The predicted molar refractivity (Wildman–Crippen MR) is 53.1 cm³/mol. The van der Waals surface area contributed by atoms with Crippen molar-refractivity contribution in [3.63, 3.8) is 0 Å². The summed E-state index contributed by atoms with van der Waals surface area (Å²) in [5.74, 6) is -0.0268. The van der Waals surface area contributed by atoms with Gasteiger partial charge >= 0.3 is 0 Å². The van der Waals surface area contributed by atoms with Crippen LogP contribution in [0.2, 0.25) is 0 Å². The van der Waals surface area contributed by atoms with E-state index in [2.05, 4.69) is 5.32 Å². The molecule has 14 heavy (non-hydrogen) atoms. The predicted octanol–water partition coefficient (Wildman–Crippen LogP) is 1.21. The first-order valence-electron chi connectivity index (χ1n) is 4.81. The fraction of sp³-hybridized carbons (Fsp3) is 0.364. The molecule has 1 amide bonds. The van der Waals surface area contributed by atoms with E-state index in [1.807, 2.05) is 18.2 Å². The molecular weight excluding hydrogens is 178 g/mol. The summed E-state index contributed by atoms with van der Waals surface area (Å²) in [4.78, 5) is 11.5. The van der Waals surface area contributed by atoms with E-state index in [1.54, 1.807) is 12.1 Å². The van der Waals surface area contributed by atoms with Crippen LogP contribution in [-0.2, 0) is 4.74 Å². The van der Waals surface area contributed by atoms with E-state index in [0.717, 1.165) is 13.0 Å². The van der Waals surface area contributed by atoms with Crippen molar-refractivity contribution in [2.75, 3.05) is 13.2 Å². The Hall–Kier alpha value is -1.35. The largest absolute Gasteiger partial charge is 0.376 e. The van der Waals surface area contributed by atoms with Crippen molar-refractivity contribution in [1.82, 2.24) is 5.32 Å². The van der Waals surface area contributed by atoms with Gasteiger partial charge in [-0.15, -0.1) is 0 Å². The van der Waals surface area contributed by atoms with Gasteiger partial charge in [-0.25, -0.2) is 0 Å². The van der Waals surface area contributed by atoms with Gasteiger partial charge in [-0.3, -0.25) is 4.79 Å². The second kappa shape index (κ2) is 4.24. The van der Waals surface area contributed by atoms with Gasteiger partial charge in [-0.2, -0.15) is 0 Å². The molecule has 3 heteroatoms. The number of nitrogens with one attached hydrogen (secondary N) is 1. The van der Waals surface area contributed by atoms with Crippen LogP contribution < -0.4 is 5.32 Å². The van der Waals surface area contributed by atoms with Crippen LogP contribution in [0, 0.1) is 0 Å². The third kappa shape index (κ3) is 2.12. The molecule has 0 radical (unpaired) electrons. The van der Waals surface area contributed by atoms with Crippen LogP contribution >= 0.6 is 0 Å². The molecule has 1 saturated heterocycles. The fourth-order valence-corrected chi connectivity index (χ4v) is 1.34. The summed E-state index contributed by atoms with van der Waals surface area (Å²) < 4.78 is 5.20. The monoisotopic (exact) mass is 191 g/mol. The van der Waals surface area contributed by atoms with Gasteiger partial charge < -0.3 is 10.1 Å². The quantitative estimate of drug-likeness (QED) is 0.779. The van der Waals surface area contributed by atoms with Crippen molar-refractivity contribution in [3.8, 4) is 0 Å². The number of hydrogen-bond donors (Lipinski definition) is 1. The van der Waals surface area contributed by atoms with Crippen molar-refractivity contribution in [1.29, 1.82) is 0 Å². The van der Waals surface area contributed by atoms with E-state index in [0.29, 0.717) is 12.1 Å². The van der Waals surface area contributed by atoms with Crippen LogP contribution in [0.3, 0.4) is 0 Å². The second-order valence-corrected chi connectivity index (χ2v) is 3.36. The van der Waals surface area contributed by atoms with Crippen molar-refractivity contribution in [2.45, 2.75) is 12.5 Å². The summed E-state index contributed by atoms with van der Waals surface area (Å²) in [6.45, 7) is 1.44. The summed E-state index contributed by atoms with van der Waals surface area (Å²) in [6, 6.07) is 9.21. The SMILES string of the molecule is O=C(NCC1CCO1)c1ccccc1. The van der Waals surface area contributed by atoms with Gasteiger partial charge in [0.05, 0.1) is 6.10 Å². The highest BCUT2D eigenvalue weighted by Gasteiger charge is 2.18. The van der Waals surface area contributed by atoms with Gasteiger partial charge in [0.15, 0.2) is 0 Å². The lowest BCUT2D eigenvalue weighted by molar-refractivity contribution is -0.0472. The number of benzene rings is 1. The maximum Gasteiger partial charge on any atom is 0.251 e. The molecule has 1 aromatic carbocycles. The molecule has 1 unspecified atom stereocenters. The normalized spacial score (nSPS) is 19.9. The first-order chi connectivity index (χ1) is 6.86. The van der Waals surface area contributed by atoms with E-state index in [4.69, 9.17) is 4.74 Å². The van der Waals surface area contributed by atoms with Crippen molar-refractivity contribution in [3.05, 3.63) is 35.9 Å². The Labute approximate surface area is 83.1 Å². The van der Waals surface area contributed by atoms with Crippen LogP contribution in [0.15, 0.2) is 30.3 Å². The van der Waals surface area contributed by atoms with Gasteiger partial charge in [0.25, 0.3) is 5.91 Å². The molecule has 74 valence electrons. The number of hydrogen-bond acceptors (Lipinski definition) is 2. The molecule has 1 aliphatic heterocycles. The third-order valence-electron chi connectivity index (χ3n) is 2.32. The van der Waals surface area contributed by atoms with E-state index in [-0.39, 0.29) is 12.0 Å². The minimum absolute atomic E-state index is 0.0268.